The molecule has 0 radical (unpaired) electrons. The lowest BCUT2D eigenvalue weighted by molar-refractivity contribution is 0.322. The average molecular weight is 323 g/mol. The molecule has 6 heteroatoms. The van der Waals surface area contributed by atoms with Crippen LogP contribution in [0.3, 0.4) is 0 Å². The van der Waals surface area contributed by atoms with Gasteiger partial charge in [-0.25, -0.2) is 4.39 Å². The fraction of sp³-hybridized carbons (Fsp3) is 0.188. The Labute approximate surface area is 133 Å². The van der Waals surface area contributed by atoms with Crippen LogP contribution in [-0.2, 0) is 0 Å². The molecule has 0 spiro atoms. The minimum atomic E-state index is -0.553. The molecule has 2 aromatic carbocycles. The Kier molecular flexibility index (Phi) is 5.35. The number of hydrogen-bond acceptors (Lipinski definition) is 4. The number of rotatable bonds is 5. The smallest absolute Gasteiger partial charge is 0.181 e. The predicted molar refractivity (Wildman–Crippen MR) is 84.5 cm³/mol. The van der Waals surface area contributed by atoms with Crippen LogP contribution >= 0.6 is 11.6 Å². The van der Waals surface area contributed by atoms with Crippen LogP contribution in [0.15, 0.2) is 41.6 Å². The van der Waals surface area contributed by atoms with Gasteiger partial charge in [-0.1, -0.05) is 29.7 Å². The van der Waals surface area contributed by atoms with Gasteiger partial charge < -0.3 is 15.7 Å². The van der Waals surface area contributed by atoms with Crippen LogP contribution in [0, 0.1) is 5.82 Å². The molecule has 2 rings (SSSR count). The molecule has 1 atom stereocenters. The van der Waals surface area contributed by atoms with Crippen molar-refractivity contribution in [2.45, 2.75) is 19.4 Å². The van der Waals surface area contributed by atoms with Gasteiger partial charge in [0.15, 0.2) is 11.6 Å². The maximum absolute atomic E-state index is 14.5. The van der Waals surface area contributed by atoms with Crippen LogP contribution in [0.4, 0.5) is 4.39 Å². The first kappa shape index (κ1) is 16.3. The van der Waals surface area contributed by atoms with E-state index in [-0.39, 0.29) is 10.8 Å². The summed E-state index contributed by atoms with van der Waals surface area (Å²) < 4.78 is 20.1. The second kappa shape index (κ2) is 7.24. The molecule has 0 saturated carbocycles. The van der Waals surface area contributed by atoms with E-state index in [2.05, 4.69) is 5.16 Å². The molecule has 2 aromatic rings. The molecule has 0 amide bonds. The molecular weight excluding hydrogens is 307 g/mol. The Morgan fingerprint density at radius 2 is 2.00 bits per heavy atom. The highest BCUT2D eigenvalue weighted by Gasteiger charge is 2.18. The van der Waals surface area contributed by atoms with Gasteiger partial charge in [0.2, 0.25) is 0 Å². The Morgan fingerprint density at radius 3 is 2.59 bits per heavy atom. The molecule has 4 nitrogen and oxygen atoms in total. The summed E-state index contributed by atoms with van der Waals surface area (Å²) in [5.74, 6) is -0.187. The van der Waals surface area contributed by atoms with Gasteiger partial charge in [-0.3, -0.25) is 0 Å². The second-order valence-electron chi connectivity index (χ2n) is 4.71. The number of halogens is 2. The van der Waals surface area contributed by atoms with Crippen molar-refractivity contribution in [1.29, 1.82) is 0 Å². The zero-order chi connectivity index (χ0) is 16.1. The van der Waals surface area contributed by atoms with E-state index in [4.69, 9.17) is 27.3 Å². The van der Waals surface area contributed by atoms with Gasteiger partial charge >= 0.3 is 0 Å². The van der Waals surface area contributed by atoms with Gasteiger partial charge in [-0.2, -0.15) is 0 Å². The minimum Gasteiger partial charge on any atom is -0.453 e. The van der Waals surface area contributed by atoms with Crippen LogP contribution < -0.4 is 10.5 Å². The van der Waals surface area contributed by atoms with Crippen molar-refractivity contribution < 1.29 is 14.3 Å². The first-order chi connectivity index (χ1) is 10.6. The summed E-state index contributed by atoms with van der Waals surface area (Å²) in [7, 11) is 0. The number of nitrogens with two attached hydrogens (primary N) is 1. The van der Waals surface area contributed by atoms with Crippen LogP contribution in [0.25, 0.3) is 0 Å². The number of hydrogen-bond donors (Lipinski definition) is 2. The molecule has 0 aliphatic carbocycles. The van der Waals surface area contributed by atoms with Crippen LogP contribution in [0.2, 0.25) is 5.02 Å². The predicted octanol–water partition coefficient (Wildman–Crippen LogP) is 4.49. The summed E-state index contributed by atoms with van der Waals surface area (Å²) in [6.45, 7) is 1.88. The largest absolute Gasteiger partial charge is 0.453 e. The molecule has 0 fully saturated rings. The molecular formula is C16H16ClFN2O2. The van der Waals surface area contributed by atoms with Crippen molar-refractivity contribution in [1.82, 2.24) is 0 Å². The molecule has 0 unspecified atom stereocenters. The van der Waals surface area contributed by atoms with Crippen molar-refractivity contribution in [2.75, 3.05) is 0 Å². The minimum absolute atomic E-state index is 0.0494. The zero-order valence-corrected chi connectivity index (χ0v) is 12.7. The van der Waals surface area contributed by atoms with Crippen molar-refractivity contribution in [2.24, 2.45) is 10.9 Å². The van der Waals surface area contributed by atoms with Crippen LogP contribution in [0.1, 0.15) is 30.5 Å². The van der Waals surface area contributed by atoms with E-state index in [0.717, 1.165) is 0 Å². The van der Waals surface area contributed by atoms with E-state index in [1.165, 1.54) is 6.21 Å². The lowest BCUT2D eigenvalue weighted by Gasteiger charge is -2.15. The van der Waals surface area contributed by atoms with Crippen molar-refractivity contribution in [3.63, 3.8) is 0 Å². The van der Waals surface area contributed by atoms with Gasteiger partial charge in [0, 0.05) is 11.6 Å². The van der Waals surface area contributed by atoms with Gasteiger partial charge in [0.25, 0.3) is 0 Å². The fourth-order valence-corrected chi connectivity index (χ4v) is 2.14. The Hall–Kier alpha value is -2.11. The summed E-state index contributed by atoms with van der Waals surface area (Å²) in [6.07, 6.45) is 1.88. The van der Waals surface area contributed by atoms with E-state index < -0.39 is 11.9 Å². The summed E-state index contributed by atoms with van der Waals surface area (Å²) in [6, 6.07) is 9.31. The topological polar surface area (TPSA) is 67.8 Å². The van der Waals surface area contributed by atoms with E-state index in [9.17, 15) is 4.39 Å². The molecule has 0 aliphatic rings. The highest BCUT2D eigenvalue weighted by Crippen LogP contribution is 2.35. The van der Waals surface area contributed by atoms with Gasteiger partial charge in [-0.05, 0) is 42.3 Å². The van der Waals surface area contributed by atoms with E-state index in [0.29, 0.717) is 23.3 Å². The summed E-state index contributed by atoms with van der Waals surface area (Å²) in [5, 5.41) is 11.6. The van der Waals surface area contributed by atoms with E-state index >= 15 is 0 Å². The third-order valence-corrected chi connectivity index (χ3v) is 3.52. The van der Waals surface area contributed by atoms with Crippen LogP contribution in [-0.4, -0.2) is 11.4 Å². The number of nitrogens with zero attached hydrogens (tertiary/aromatic N) is 1. The molecule has 0 aromatic heterocycles. The molecule has 0 aliphatic heterocycles. The average Bonchev–Trinajstić information content (AvgIpc) is 2.52. The van der Waals surface area contributed by atoms with Gasteiger partial charge in [0.1, 0.15) is 5.75 Å². The maximum Gasteiger partial charge on any atom is 0.181 e. The first-order valence-corrected chi connectivity index (χ1v) is 7.13. The second-order valence-corrected chi connectivity index (χ2v) is 5.12. The summed E-state index contributed by atoms with van der Waals surface area (Å²) in [4.78, 5) is 0. The van der Waals surface area contributed by atoms with Crippen molar-refractivity contribution in [3.05, 3.63) is 58.4 Å². The molecule has 0 heterocycles. The molecule has 22 heavy (non-hydrogen) atoms. The lowest BCUT2D eigenvalue weighted by Crippen LogP contribution is -2.11. The number of ether oxygens (including phenoxy) is 1. The number of benzene rings is 2. The standard InChI is InChI=1S/C16H16ClFN2O2/c1-2-14(19)12-7-8-13(17)16(15(12)18)22-11-5-3-10(4-6-11)9-20-21/h3-9,14,21H,2,19H2,1H3/b20-9+/t14-/m1/s1. The first-order valence-electron chi connectivity index (χ1n) is 6.75. The van der Waals surface area contributed by atoms with Crippen LogP contribution in [0.5, 0.6) is 11.5 Å². The van der Waals surface area contributed by atoms with Crippen molar-refractivity contribution >= 4 is 17.8 Å². The Bertz CT molecular complexity index is 675. The third-order valence-electron chi connectivity index (χ3n) is 3.23. The van der Waals surface area contributed by atoms with Gasteiger partial charge in [-0.15, -0.1) is 0 Å². The van der Waals surface area contributed by atoms with E-state index in [1.807, 2.05) is 6.92 Å². The molecule has 3 N–H and O–H groups in total. The van der Waals surface area contributed by atoms with E-state index in [1.54, 1.807) is 36.4 Å². The lowest BCUT2D eigenvalue weighted by atomic mass is 10.0. The van der Waals surface area contributed by atoms with Gasteiger partial charge in [0.05, 0.1) is 11.2 Å². The normalized spacial score (nSPS) is 12.5. The monoisotopic (exact) mass is 322 g/mol. The zero-order valence-electron chi connectivity index (χ0n) is 12.0. The molecule has 0 saturated heterocycles. The number of oxime groups is 1. The fourth-order valence-electron chi connectivity index (χ4n) is 1.95. The highest BCUT2D eigenvalue weighted by molar-refractivity contribution is 6.32. The highest BCUT2D eigenvalue weighted by atomic mass is 35.5. The quantitative estimate of drug-likeness (QED) is 0.484. The molecule has 0 bridgehead atoms. The van der Waals surface area contributed by atoms with Crippen molar-refractivity contribution in [3.8, 4) is 11.5 Å². The summed E-state index contributed by atoms with van der Waals surface area (Å²) >= 11 is 6.02. The Balaban J connectivity index is 2.32. The summed E-state index contributed by atoms with van der Waals surface area (Å²) in [5.41, 5.74) is 6.93. The molecule has 116 valence electrons. The maximum atomic E-state index is 14.5. The Morgan fingerprint density at radius 1 is 1.32 bits per heavy atom. The third kappa shape index (κ3) is 3.55. The SMILES string of the molecule is CC[C@@H](N)c1ccc(Cl)c(Oc2ccc(/C=N/O)cc2)c1F.